The van der Waals surface area contributed by atoms with Gasteiger partial charge in [0, 0.05) is 28.1 Å². The molecule has 25 heavy (non-hydrogen) atoms. The third kappa shape index (κ3) is 2.65. The molecule has 4 rings (SSSR count). The van der Waals surface area contributed by atoms with Gasteiger partial charge in [-0.2, -0.15) is 4.98 Å². The first-order valence-corrected chi connectivity index (χ1v) is 7.17. The van der Waals surface area contributed by atoms with E-state index in [4.69, 9.17) is 17.5 Å². The third-order valence-corrected chi connectivity index (χ3v) is 3.66. The molecule has 1 N–H and O–H groups in total. The summed E-state index contributed by atoms with van der Waals surface area (Å²) >= 11 is 0. The van der Waals surface area contributed by atoms with Crippen LogP contribution in [0.25, 0.3) is 33.5 Å². The summed E-state index contributed by atoms with van der Waals surface area (Å²) in [4.78, 5) is 23.4. The molecule has 1 aromatic carbocycles. The van der Waals surface area contributed by atoms with E-state index in [1.807, 2.05) is 0 Å². The van der Waals surface area contributed by atoms with Crippen molar-refractivity contribution in [3.63, 3.8) is 0 Å². The standard InChI is InChI=1S/C18H14N4O3/c1-10-20-17(22-25-10)14-9-13-15(21-18(14)23)6-7-19-16(13)11-4-3-5-12(8-11)24-2/h3-9H,1-2H3,(H,21,23)/i1D3,2D3. The lowest BCUT2D eigenvalue weighted by Gasteiger charge is -2.08. The van der Waals surface area contributed by atoms with Crippen LogP contribution in [0.2, 0.25) is 0 Å². The number of nitrogens with one attached hydrogen (secondary N) is 1. The minimum atomic E-state index is -2.61. The number of hydrogen-bond donors (Lipinski definition) is 1. The number of ether oxygens (including phenoxy) is 1. The van der Waals surface area contributed by atoms with Gasteiger partial charge in [-0.05, 0) is 24.3 Å². The van der Waals surface area contributed by atoms with Crippen LogP contribution in [0, 0.1) is 6.85 Å². The number of aryl methyl sites for hydroxylation is 1. The fraction of sp³-hybridized carbons (Fsp3) is 0.111. The lowest BCUT2D eigenvalue weighted by atomic mass is 10.0. The number of aromatic amines is 1. The smallest absolute Gasteiger partial charge is 0.259 e. The molecule has 0 fully saturated rings. The Morgan fingerprint density at radius 1 is 1.28 bits per heavy atom. The van der Waals surface area contributed by atoms with Gasteiger partial charge < -0.3 is 14.2 Å². The van der Waals surface area contributed by atoms with Crippen LogP contribution in [0.1, 0.15) is 14.1 Å². The molecule has 0 unspecified atom stereocenters. The number of aromatic nitrogens is 4. The summed E-state index contributed by atoms with van der Waals surface area (Å²) in [5.41, 5.74) is 0.894. The number of H-pyrrole nitrogens is 1. The fourth-order valence-electron chi connectivity index (χ4n) is 2.56. The van der Waals surface area contributed by atoms with E-state index in [0.29, 0.717) is 22.2 Å². The molecule has 124 valence electrons. The maximum Gasteiger partial charge on any atom is 0.259 e. The van der Waals surface area contributed by atoms with Crippen LogP contribution in [0.5, 0.6) is 5.75 Å². The number of hydrogen-bond acceptors (Lipinski definition) is 6. The highest BCUT2D eigenvalue weighted by atomic mass is 16.5. The molecule has 0 amide bonds. The molecule has 0 atom stereocenters. The molecule has 0 saturated carbocycles. The SMILES string of the molecule is [2H]C([2H])([2H])Oc1cccc(-c2nccc3[nH]c(=O)c(-c4noc(C([2H])([2H])[2H])n4)cc23)c1. The van der Waals surface area contributed by atoms with Crippen molar-refractivity contribution in [1.29, 1.82) is 0 Å². The quantitative estimate of drug-likeness (QED) is 0.616. The molecule has 0 aliphatic rings. The maximum absolute atomic E-state index is 12.5. The van der Waals surface area contributed by atoms with Crippen LogP contribution in [-0.2, 0) is 0 Å². The number of rotatable bonds is 3. The molecular formula is C18H14N4O3. The Labute approximate surface area is 150 Å². The molecular weight excluding hydrogens is 320 g/mol. The van der Waals surface area contributed by atoms with E-state index in [-0.39, 0.29) is 17.1 Å². The average Bonchev–Trinajstić information content (AvgIpc) is 3.16. The maximum atomic E-state index is 12.5. The summed E-state index contributed by atoms with van der Waals surface area (Å²) in [6.07, 6.45) is 1.49. The molecule has 0 radical (unpaired) electrons. The van der Waals surface area contributed by atoms with Gasteiger partial charge >= 0.3 is 0 Å². The fourth-order valence-corrected chi connectivity index (χ4v) is 2.56. The second-order valence-corrected chi connectivity index (χ2v) is 5.19. The lowest BCUT2D eigenvalue weighted by Crippen LogP contribution is -2.10. The van der Waals surface area contributed by atoms with Crippen LogP contribution >= 0.6 is 0 Å². The molecule has 7 heteroatoms. The number of fused-ring (bicyclic) bond motifs is 1. The van der Waals surface area contributed by atoms with Crippen LogP contribution in [-0.4, -0.2) is 27.1 Å². The van der Waals surface area contributed by atoms with E-state index in [9.17, 15) is 4.79 Å². The highest BCUT2D eigenvalue weighted by molar-refractivity contribution is 5.94. The topological polar surface area (TPSA) is 93.9 Å². The Balaban J connectivity index is 1.85. The van der Waals surface area contributed by atoms with Gasteiger partial charge in [0.1, 0.15) is 5.75 Å². The molecule has 4 aromatic rings. The number of benzene rings is 1. The monoisotopic (exact) mass is 340 g/mol. The van der Waals surface area contributed by atoms with Crippen molar-refractivity contribution in [2.45, 2.75) is 6.85 Å². The highest BCUT2D eigenvalue weighted by Crippen LogP contribution is 2.29. The van der Waals surface area contributed by atoms with Crippen LogP contribution in [0.3, 0.4) is 0 Å². The number of methoxy groups -OCH3 is 1. The van der Waals surface area contributed by atoms with Crippen molar-refractivity contribution in [3.8, 4) is 28.4 Å². The molecule has 0 aliphatic carbocycles. The first-order valence-electron chi connectivity index (χ1n) is 10.2. The summed E-state index contributed by atoms with van der Waals surface area (Å²) in [5, 5.41) is 4.11. The Bertz CT molecular complexity index is 1330. The number of nitrogens with zero attached hydrogens (tertiary/aromatic N) is 3. The van der Waals surface area contributed by atoms with Gasteiger partial charge in [-0.25, -0.2) is 0 Å². The van der Waals surface area contributed by atoms with E-state index < -0.39 is 25.3 Å². The lowest BCUT2D eigenvalue weighted by molar-refractivity contribution is 0.394. The van der Waals surface area contributed by atoms with Gasteiger partial charge in [0.2, 0.25) is 11.7 Å². The van der Waals surface area contributed by atoms with Gasteiger partial charge in [0.15, 0.2) is 0 Å². The summed E-state index contributed by atoms with van der Waals surface area (Å²) < 4.78 is 53.6. The summed E-state index contributed by atoms with van der Waals surface area (Å²) in [7, 11) is -2.61. The summed E-state index contributed by atoms with van der Waals surface area (Å²) in [6.45, 7) is -2.61. The van der Waals surface area contributed by atoms with Crippen molar-refractivity contribution >= 4 is 10.9 Å². The summed E-state index contributed by atoms with van der Waals surface area (Å²) in [6, 6.07) is 9.41. The highest BCUT2D eigenvalue weighted by Gasteiger charge is 2.14. The zero-order valence-corrected chi connectivity index (χ0v) is 12.6. The molecule has 0 saturated heterocycles. The Morgan fingerprint density at radius 2 is 2.24 bits per heavy atom. The minimum Gasteiger partial charge on any atom is -0.497 e. The van der Waals surface area contributed by atoms with Gasteiger partial charge in [-0.3, -0.25) is 9.78 Å². The van der Waals surface area contributed by atoms with Gasteiger partial charge in [0.25, 0.3) is 5.56 Å². The van der Waals surface area contributed by atoms with Crippen molar-refractivity contribution in [2.24, 2.45) is 0 Å². The Kier molecular flexibility index (Phi) is 2.28. The van der Waals surface area contributed by atoms with Crippen molar-refractivity contribution in [2.75, 3.05) is 7.04 Å². The second kappa shape index (κ2) is 5.86. The van der Waals surface area contributed by atoms with E-state index in [2.05, 4.69) is 20.1 Å². The molecule has 3 heterocycles. The first kappa shape index (κ1) is 9.73. The van der Waals surface area contributed by atoms with Gasteiger partial charge in [0.05, 0.1) is 27.9 Å². The summed E-state index contributed by atoms with van der Waals surface area (Å²) in [5.74, 6) is -0.632. The largest absolute Gasteiger partial charge is 0.497 e. The van der Waals surface area contributed by atoms with E-state index in [0.717, 1.165) is 0 Å². The normalized spacial score (nSPS) is 15.5. The van der Waals surface area contributed by atoms with Crippen molar-refractivity contribution in [1.82, 2.24) is 20.1 Å². The third-order valence-electron chi connectivity index (χ3n) is 3.66. The van der Waals surface area contributed by atoms with Gasteiger partial charge in [-0.15, -0.1) is 0 Å². The first-order chi connectivity index (χ1) is 14.5. The van der Waals surface area contributed by atoms with E-state index >= 15 is 0 Å². The molecule has 3 aromatic heterocycles. The molecule has 7 nitrogen and oxygen atoms in total. The van der Waals surface area contributed by atoms with Crippen molar-refractivity contribution < 1.29 is 17.5 Å². The second-order valence-electron chi connectivity index (χ2n) is 5.19. The van der Waals surface area contributed by atoms with Gasteiger partial charge in [-0.1, -0.05) is 17.3 Å². The predicted molar refractivity (Wildman–Crippen MR) is 92.4 cm³/mol. The number of pyridine rings is 2. The van der Waals surface area contributed by atoms with Crippen LogP contribution in [0.4, 0.5) is 0 Å². The molecule has 0 spiro atoms. The Morgan fingerprint density at radius 3 is 3.08 bits per heavy atom. The van der Waals surface area contributed by atoms with Crippen molar-refractivity contribution in [3.05, 3.63) is 58.8 Å². The zero-order valence-electron chi connectivity index (χ0n) is 18.6. The molecule has 0 aliphatic heterocycles. The predicted octanol–water partition coefficient (Wildman–Crippen LogP) is 2.96. The van der Waals surface area contributed by atoms with E-state index in [1.54, 1.807) is 18.2 Å². The van der Waals surface area contributed by atoms with Crippen LogP contribution < -0.4 is 10.3 Å². The molecule has 0 bridgehead atoms. The Hall–Kier alpha value is -3.48. The van der Waals surface area contributed by atoms with Crippen LogP contribution in [0.15, 0.2) is 51.9 Å². The average molecular weight is 340 g/mol. The van der Waals surface area contributed by atoms with E-state index in [1.165, 1.54) is 24.4 Å². The minimum absolute atomic E-state index is 0.00380. The zero-order chi connectivity index (χ0) is 22.4.